The first-order valence-corrected chi connectivity index (χ1v) is 13.9. The summed E-state index contributed by atoms with van der Waals surface area (Å²) < 4.78 is 6.15. The molecule has 0 radical (unpaired) electrons. The van der Waals surface area contributed by atoms with Crippen molar-refractivity contribution in [2.24, 2.45) is 34.5 Å². The van der Waals surface area contributed by atoms with E-state index in [0.29, 0.717) is 23.8 Å². The minimum atomic E-state index is -0.841. The first kappa shape index (κ1) is 26.8. The number of hydroxylamine groups is 2. The van der Waals surface area contributed by atoms with Crippen molar-refractivity contribution in [3.05, 3.63) is 11.6 Å². The lowest BCUT2D eigenvalue weighted by Gasteiger charge is -2.60. The molecule has 4 aliphatic carbocycles. The normalized spacial score (nSPS) is 38.2. The monoisotopic (exact) mass is 527 g/mol. The highest BCUT2D eigenvalue weighted by molar-refractivity contribution is 6.01. The number of nitrogens with zero attached hydrogens (tertiary/aromatic N) is 1. The van der Waals surface area contributed by atoms with Crippen LogP contribution >= 0.6 is 0 Å². The Morgan fingerprint density at radius 1 is 0.947 bits per heavy atom. The molecule has 7 atom stereocenters. The minimum absolute atomic E-state index is 0.000207. The second-order valence-electron chi connectivity index (χ2n) is 12.4. The van der Waals surface area contributed by atoms with Gasteiger partial charge < -0.3 is 9.57 Å². The van der Waals surface area contributed by atoms with Crippen molar-refractivity contribution in [1.82, 2.24) is 5.06 Å². The molecule has 0 N–H and O–H groups in total. The lowest BCUT2D eigenvalue weighted by molar-refractivity contribution is -0.198. The van der Waals surface area contributed by atoms with Gasteiger partial charge in [0.05, 0.1) is 12.8 Å². The van der Waals surface area contributed by atoms with E-state index in [1.807, 2.05) is 0 Å². The average molecular weight is 528 g/mol. The van der Waals surface area contributed by atoms with E-state index in [2.05, 4.69) is 13.8 Å². The summed E-state index contributed by atoms with van der Waals surface area (Å²) >= 11 is 0. The second kappa shape index (κ2) is 9.72. The van der Waals surface area contributed by atoms with Crippen LogP contribution in [0.15, 0.2) is 11.6 Å². The van der Waals surface area contributed by atoms with Crippen LogP contribution in [0.1, 0.15) is 91.4 Å². The van der Waals surface area contributed by atoms with Crippen LogP contribution in [0.3, 0.4) is 0 Å². The highest BCUT2D eigenvalue weighted by Gasteiger charge is 2.63. The summed E-state index contributed by atoms with van der Waals surface area (Å²) in [5.74, 6) is -1.59. The molecule has 9 heteroatoms. The maximum absolute atomic E-state index is 13.1. The van der Waals surface area contributed by atoms with Crippen molar-refractivity contribution >= 4 is 35.3 Å². The summed E-state index contributed by atoms with van der Waals surface area (Å²) in [4.78, 5) is 78.5. The van der Waals surface area contributed by atoms with Gasteiger partial charge >= 0.3 is 11.9 Å². The van der Waals surface area contributed by atoms with Crippen LogP contribution in [0.2, 0.25) is 0 Å². The molecule has 0 unspecified atom stereocenters. The maximum Gasteiger partial charge on any atom is 0.333 e. The van der Waals surface area contributed by atoms with Crippen LogP contribution in [0, 0.1) is 34.5 Å². The Balaban J connectivity index is 1.34. The number of ketones is 2. The number of carbonyl (C=O) groups is 6. The number of carbonyl (C=O) groups excluding carboxylic acids is 6. The molecule has 0 aromatic rings. The van der Waals surface area contributed by atoms with Gasteiger partial charge in [-0.1, -0.05) is 19.4 Å². The van der Waals surface area contributed by atoms with Crippen LogP contribution < -0.4 is 0 Å². The lowest BCUT2D eigenvalue weighted by Crippen LogP contribution is -2.58. The van der Waals surface area contributed by atoms with E-state index in [1.54, 1.807) is 13.0 Å². The van der Waals surface area contributed by atoms with Gasteiger partial charge in [0.25, 0.3) is 11.8 Å². The first-order chi connectivity index (χ1) is 17.9. The largest absolute Gasteiger partial charge is 0.462 e. The van der Waals surface area contributed by atoms with Gasteiger partial charge in [-0.15, -0.1) is 5.06 Å². The molecule has 4 fully saturated rings. The number of ether oxygens (including phenoxy) is 1. The second-order valence-corrected chi connectivity index (χ2v) is 12.4. The van der Waals surface area contributed by atoms with Crippen molar-refractivity contribution in [3.63, 3.8) is 0 Å². The van der Waals surface area contributed by atoms with Gasteiger partial charge in [0.15, 0.2) is 5.78 Å². The molecule has 0 bridgehead atoms. The molecule has 5 rings (SSSR count). The minimum Gasteiger partial charge on any atom is -0.462 e. The zero-order valence-electron chi connectivity index (χ0n) is 22.5. The van der Waals surface area contributed by atoms with Gasteiger partial charge in [-0.2, -0.15) is 0 Å². The first-order valence-electron chi connectivity index (χ1n) is 13.9. The fourth-order valence-corrected chi connectivity index (χ4v) is 8.67. The molecule has 0 aromatic heterocycles. The van der Waals surface area contributed by atoms with Crippen molar-refractivity contribution in [2.45, 2.75) is 97.5 Å². The van der Waals surface area contributed by atoms with Gasteiger partial charge in [0, 0.05) is 31.1 Å². The number of rotatable bonds is 6. The maximum atomic E-state index is 13.1. The summed E-state index contributed by atoms with van der Waals surface area (Å²) in [5.41, 5.74) is 0.617. The molecule has 0 aromatic carbocycles. The predicted octanol–water partition coefficient (Wildman–Crippen LogP) is 3.63. The van der Waals surface area contributed by atoms with Crippen LogP contribution in [-0.2, 0) is 38.3 Å². The van der Waals surface area contributed by atoms with E-state index in [4.69, 9.17) is 9.57 Å². The molecule has 1 saturated heterocycles. The fraction of sp³-hybridized carbons (Fsp3) is 0.724. The van der Waals surface area contributed by atoms with Gasteiger partial charge in [0.1, 0.15) is 11.9 Å². The molecule has 5 aliphatic rings. The van der Waals surface area contributed by atoms with E-state index in [0.717, 1.165) is 37.7 Å². The Hall–Kier alpha value is -2.84. The number of fused-ring (bicyclic) bond motifs is 5. The average Bonchev–Trinajstić information content (AvgIpc) is 3.36. The summed E-state index contributed by atoms with van der Waals surface area (Å²) in [7, 11) is 0. The SMILES string of the molecule is CC(=O)[C@H]1CC[C@@H]2[C@H]3CCC4=CC(=O)CC[C@]4(C)[C@@H]3[C@H](OC(=O)CCC(=O)ON3C(=O)CCC3=O)C[C@]12C. The summed E-state index contributed by atoms with van der Waals surface area (Å²) in [6.07, 6.45) is 6.16. The standard InChI is InChI=1S/C29H37NO8/c1-16(31)20-6-7-21-19-5-4-17-14-18(32)12-13-28(17,2)27(19)22(15-29(20,21)3)37-25(35)10-11-26(36)38-30-23(33)8-9-24(30)34/h14,19-22,27H,4-13,15H2,1-3H3/t19-,20-,21-,22-,27+,28+,29-/m1/s1. The number of amides is 2. The van der Waals surface area contributed by atoms with Crippen LogP contribution in [0.4, 0.5) is 0 Å². The van der Waals surface area contributed by atoms with E-state index in [-0.39, 0.29) is 65.8 Å². The molecule has 38 heavy (non-hydrogen) atoms. The molecule has 9 nitrogen and oxygen atoms in total. The highest BCUT2D eigenvalue weighted by atomic mass is 16.7. The van der Waals surface area contributed by atoms with Crippen LogP contribution in [-0.4, -0.2) is 46.5 Å². The Kier molecular flexibility index (Phi) is 6.84. The zero-order chi connectivity index (χ0) is 27.4. The third-order valence-electron chi connectivity index (χ3n) is 10.4. The molecule has 3 saturated carbocycles. The van der Waals surface area contributed by atoms with E-state index >= 15 is 0 Å². The number of Topliss-reactive ketones (excluding diaryl/α,β-unsaturated/α-hetero) is 1. The van der Waals surface area contributed by atoms with Crippen molar-refractivity contribution in [3.8, 4) is 0 Å². The summed E-state index contributed by atoms with van der Waals surface area (Å²) in [6, 6.07) is 0. The molecule has 0 spiro atoms. The molecular formula is C29H37NO8. The smallest absolute Gasteiger partial charge is 0.333 e. The Morgan fingerprint density at radius 3 is 2.32 bits per heavy atom. The molecule has 206 valence electrons. The van der Waals surface area contributed by atoms with Gasteiger partial charge in [0.2, 0.25) is 0 Å². The zero-order valence-corrected chi connectivity index (χ0v) is 22.5. The lowest BCUT2D eigenvalue weighted by atomic mass is 9.46. The number of allylic oxidation sites excluding steroid dienone is 1. The topological polar surface area (TPSA) is 124 Å². The highest BCUT2D eigenvalue weighted by Crippen LogP contribution is 2.67. The van der Waals surface area contributed by atoms with Gasteiger partial charge in [-0.3, -0.25) is 24.0 Å². The van der Waals surface area contributed by atoms with Crippen LogP contribution in [0.25, 0.3) is 0 Å². The Morgan fingerprint density at radius 2 is 1.63 bits per heavy atom. The van der Waals surface area contributed by atoms with E-state index in [9.17, 15) is 28.8 Å². The summed E-state index contributed by atoms with van der Waals surface area (Å²) in [5, 5.41) is 0.476. The molecule has 2 amide bonds. The number of hydrogen-bond acceptors (Lipinski definition) is 8. The Bertz CT molecular complexity index is 1110. The number of imide groups is 1. The number of hydrogen-bond donors (Lipinski definition) is 0. The quantitative estimate of drug-likeness (QED) is 0.379. The molecule has 1 heterocycles. The molecular weight excluding hydrogens is 490 g/mol. The van der Waals surface area contributed by atoms with Gasteiger partial charge in [-0.25, -0.2) is 4.79 Å². The molecule has 1 aliphatic heterocycles. The predicted molar refractivity (Wildman–Crippen MR) is 133 cm³/mol. The summed E-state index contributed by atoms with van der Waals surface area (Å²) in [6.45, 7) is 6.03. The third-order valence-corrected chi connectivity index (χ3v) is 10.4. The van der Waals surface area contributed by atoms with Crippen LogP contribution in [0.5, 0.6) is 0 Å². The van der Waals surface area contributed by atoms with Crippen molar-refractivity contribution in [1.29, 1.82) is 0 Å². The van der Waals surface area contributed by atoms with Gasteiger partial charge in [-0.05, 0) is 74.2 Å². The number of esters is 1. The van der Waals surface area contributed by atoms with E-state index in [1.165, 1.54) is 0 Å². The van der Waals surface area contributed by atoms with E-state index < -0.39 is 29.9 Å². The third kappa shape index (κ3) is 4.41. The fourth-order valence-electron chi connectivity index (χ4n) is 8.67. The Labute approximate surface area is 222 Å². The van der Waals surface area contributed by atoms with Crippen molar-refractivity contribution in [2.75, 3.05) is 0 Å². The van der Waals surface area contributed by atoms with Crippen molar-refractivity contribution < 1.29 is 38.3 Å².